The van der Waals surface area contributed by atoms with Gasteiger partial charge in [-0.1, -0.05) is 106 Å². The van der Waals surface area contributed by atoms with E-state index in [0.29, 0.717) is 23.7 Å². The van der Waals surface area contributed by atoms with Crippen molar-refractivity contribution in [1.82, 2.24) is 10.2 Å². The van der Waals surface area contributed by atoms with Gasteiger partial charge in [-0.2, -0.15) is 0 Å². The molecule has 6 heteroatoms. The van der Waals surface area contributed by atoms with Crippen molar-refractivity contribution in [3.63, 3.8) is 0 Å². The van der Waals surface area contributed by atoms with Gasteiger partial charge in [0.05, 0.1) is 0 Å². The van der Waals surface area contributed by atoms with E-state index >= 15 is 0 Å². The Hall–Kier alpha value is -3.31. The van der Waals surface area contributed by atoms with Crippen LogP contribution in [0.2, 0.25) is 5.02 Å². The summed E-state index contributed by atoms with van der Waals surface area (Å²) in [5, 5.41) is 3.53. The second kappa shape index (κ2) is 13.3. The van der Waals surface area contributed by atoms with Crippen LogP contribution >= 0.6 is 11.6 Å². The fraction of sp³-hybridized carbons (Fsp3) is 0.355. The van der Waals surface area contributed by atoms with Gasteiger partial charge < -0.3 is 15.0 Å². The van der Waals surface area contributed by atoms with Crippen molar-refractivity contribution in [1.29, 1.82) is 0 Å². The first-order valence-corrected chi connectivity index (χ1v) is 13.1. The highest BCUT2D eigenvalue weighted by atomic mass is 35.5. The molecule has 5 nitrogen and oxygen atoms in total. The third kappa shape index (κ3) is 8.09. The van der Waals surface area contributed by atoms with Gasteiger partial charge >= 0.3 is 0 Å². The fourth-order valence-corrected chi connectivity index (χ4v) is 4.36. The highest BCUT2D eigenvalue weighted by Crippen LogP contribution is 2.31. The van der Waals surface area contributed by atoms with Crippen LogP contribution in [0.1, 0.15) is 50.8 Å². The van der Waals surface area contributed by atoms with E-state index in [1.807, 2.05) is 79.7 Å². The summed E-state index contributed by atoms with van der Waals surface area (Å²) in [7, 11) is 0. The van der Waals surface area contributed by atoms with Crippen LogP contribution in [-0.2, 0) is 28.0 Å². The minimum absolute atomic E-state index is 0.146. The Balaban J connectivity index is 1.94. The summed E-state index contributed by atoms with van der Waals surface area (Å²) in [5.41, 5.74) is 2.61. The molecule has 0 spiro atoms. The summed E-state index contributed by atoms with van der Waals surface area (Å²) >= 11 is 6.48. The monoisotopic (exact) mass is 520 g/mol. The number of para-hydroxylation sites is 1. The van der Waals surface area contributed by atoms with Gasteiger partial charge in [-0.25, -0.2) is 0 Å². The lowest BCUT2D eigenvalue weighted by molar-refractivity contribution is -0.142. The lowest BCUT2D eigenvalue weighted by Crippen LogP contribution is -2.51. The largest absolute Gasteiger partial charge is 0.483 e. The van der Waals surface area contributed by atoms with Gasteiger partial charge in [-0.3, -0.25) is 9.59 Å². The predicted octanol–water partition coefficient (Wildman–Crippen LogP) is 6.18. The average molecular weight is 521 g/mol. The van der Waals surface area contributed by atoms with Crippen LogP contribution in [0.3, 0.4) is 0 Å². The molecule has 0 aliphatic heterocycles. The smallest absolute Gasteiger partial charge is 0.261 e. The standard InChI is InChI=1S/C31H37ClN2O3/c1-5-19-33-30(36)27(20-23-13-7-6-8-14-23)34(21-24-15-9-11-17-26(24)32)29(35)22-37-28-18-12-10-16-25(28)31(2,3)4/h6-18,27H,5,19-22H2,1-4H3,(H,33,36)/t27-/m0/s1. The number of rotatable bonds is 11. The molecule has 0 fully saturated rings. The molecule has 3 aromatic rings. The van der Waals surface area contributed by atoms with E-state index < -0.39 is 6.04 Å². The topological polar surface area (TPSA) is 58.6 Å². The number of hydrogen-bond acceptors (Lipinski definition) is 3. The third-order valence-corrected chi connectivity index (χ3v) is 6.53. The molecule has 3 aromatic carbocycles. The molecular formula is C31H37ClN2O3. The zero-order chi connectivity index (χ0) is 26.8. The van der Waals surface area contributed by atoms with Gasteiger partial charge in [0.1, 0.15) is 11.8 Å². The highest BCUT2D eigenvalue weighted by Gasteiger charge is 2.31. The van der Waals surface area contributed by atoms with E-state index in [-0.39, 0.29) is 30.4 Å². The van der Waals surface area contributed by atoms with Crippen molar-refractivity contribution in [2.75, 3.05) is 13.2 Å². The first kappa shape index (κ1) is 28.3. The molecular weight excluding hydrogens is 484 g/mol. The molecule has 3 rings (SSSR count). The molecule has 1 N–H and O–H groups in total. The van der Waals surface area contributed by atoms with Crippen molar-refractivity contribution in [2.24, 2.45) is 0 Å². The zero-order valence-corrected chi connectivity index (χ0v) is 22.9. The van der Waals surface area contributed by atoms with Crippen LogP contribution in [0, 0.1) is 0 Å². The van der Waals surface area contributed by atoms with Crippen LogP contribution in [0.25, 0.3) is 0 Å². The van der Waals surface area contributed by atoms with Crippen molar-refractivity contribution in [3.05, 3.63) is 101 Å². The summed E-state index contributed by atoms with van der Waals surface area (Å²) < 4.78 is 6.08. The molecule has 0 saturated carbocycles. The molecule has 2 amide bonds. The molecule has 0 radical (unpaired) electrons. The summed E-state index contributed by atoms with van der Waals surface area (Å²) in [4.78, 5) is 28.8. The van der Waals surface area contributed by atoms with Gasteiger partial charge in [-0.15, -0.1) is 0 Å². The Morgan fingerprint density at radius 2 is 1.59 bits per heavy atom. The van der Waals surface area contributed by atoms with E-state index in [2.05, 4.69) is 26.1 Å². The lowest BCUT2D eigenvalue weighted by atomic mass is 9.86. The van der Waals surface area contributed by atoms with Gasteiger partial charge in [-0.05, 0) is 40.7 Å². The number of carbonyl (C=O) groups excluding carboxylic acids is 2. The summed E-state index contributed by atoms with van der Waals surface area (Å²) in [6.07, 6.45) is 1.18. The molecule has 0 aliphatic carbocycles. The third-order valence-electron chi connectivity index (χ3n) is 6.17. The molecule has 1 atom stereocenters. The van der Waals surface area contributed by atoms with Gasteiger partial charge in [0.25, 0.3) is 5.91 Å². The normalized spacial score (nSPS) is 12.0. The molecule has 0 unspecified atom stereocenters. The number of nitrogens with zero attached hydrogens (tertiary/aromatic N) is 1. The Morgan fingerprint density at radius 1 is 0.946 bits per heavy atom. The molecule has 0 saturated heterocycles. The first-order chi connectivity index (χ1) is 17.7. The van der Waals surface area contributed by atoms with Gasteiger partial charge in [0.15, 0.2) is 6.61 Å². The predicted molar refractivity (Wildman–Crippen MR) is 150 cm³/mol. The minimum atomic E-state index is -0.723. The maximum absolute atomic E-state index is 13.8. The van der Waals surface area contributed by atoms with E-state index in [1.165, 1.54) is 0 Å². The summed E-state index contributed by atoms with van der Waals surface area (Å²) in [6.45, 7) is 8.86. The molecule has 0 aliphatic rings. The molecule has 196 valence electrons. The Labute approximate surface area is 225 Å². The second-order valence-electron chi connectivity index (χ2n) is 10.1. The highest BCUT2D eigenvalue weighted by molar-refractivity contribution is 6.31. The maximum atomic E-state index is 13.8. The minimum Gasteiger partial charge on any atom is -0.483 e. The summed E-state index contributed by atoms with van der Waals surface area (Å²) in [6, 6.07) is 24.2. The number of nitrogens with one attached hydrogen (secondary N) is 1. The van der Waals surface area contributed by atoms with Crippen molar-refractivity contribution < 1.29 is 14.3 Å². The van der Waals surface area contributed by atoms with Crippen LogP contribution in [0.15, 0.2) is 78.9 Å². The van der Waals surface area contributed by atoms with Crippen LogP contribution in [0.4, 0.5) is 0 Å². The van der Waals surface area contributed by atoms with Gasteiger partial charge in [0, 0.05) is 24.5 Å². The summed E-state index contributed by atoms with van der Waals surface area (Å²) in [5.74, 6) is 0.188. The molecule has 0 bridgehead atoms. The zero-order valence-electron chi connectivity index (χ0n) is 22.2. The average Bonchev–Trinajstić information content (AvgIpc) is 2.89. The van der Waals surface area contributed by atoms with Crippen LogP contribution < -0.4 is 10.1 Å². The Morgan fingerprint density at radius 3 is 2.27 bits per heavy atom. The number of ether oxygens (including phenoxy) is 1. The number of hydrogen-bond donors (Lipinski definition) is 1. The Bertz CT molecular complexity index is 1170. The van der Waals surface area contributed by atoms with Crippen LogP contribution in [-0.4, -0.2) is 35.9 Å². The van der Waals surface area contributed by atoms with Crippen molar-refractivity contribution in [3.8, 4) is 5.75 Å². The molecule has 0 heterocycles. The molecule has 0 aromatic heterocycles. The quantitative estimate of drug-likeness (QED) is 0.328. The second-order valence-corrected chi connectivity index (χ2v) is 10.6. The number of halogens is 1. The first-order valence-electron chi connectivity index (χ1n) is 12.8. The SMILES string of the molecule is CCCNC(=O)[C@H](Cc1ccccc1)N(Cc1ccccc1Cl)C(=O)COc1ccccc1C(C)(C)C. The van der Waals surface area contributed by atoms with Crippen LogP contribution in [0.5, 0.6) is 5.75 Å². The van der Waals surface area contributed by atoms with Crippen molar-refractivity contribution >= 4 is 23.4 Å². The number of amides is 2. The van der Waals surface area contributed by atoms with E-state index in [1.54, 1.807) is 11.0 Å². The number of benzene rings is 3. The lowest BCUT2D eigenvalue weighted by Gasteiger charge is -2.32. The van der Waals surface area contributed by atoms with Gasteiger partial charge in [0.2, 0.25) is 5.91 Å². The van der Waals surface area contributed by atoms with Crippen molar-refractivity contribution in [2.45, 2.75) is 58.5 Å². The Kier molecular flexibility index (Phi) is 10.2. The molecule has 37 heavy (non-hydrogen) atoms. The fourth-order valence-electron chi connectivity index (χ4n) is 4.16. The van der Waals surface area contributed by atoms with E-state index in [0.717, 1.165) is 23.1 Å². The van der Waals surface area contributed by atoms with E-state index in [4.69, 9.17) is 16.3 Å². The number of carbonyl (C=O) groups is 2. The maximum Gasteiger partial charge on any atom is 0.261 e. The van der Waals surface area contributed by atoms with E-state index in [9.17, 15) is 9.59 Å².